The fourth-order valence-electron chi connectivity index (χ4n) is 2.40. The van der Waals surface area contributed by atoms with Crippen molar-refractivity contribution in [2.75, 3.05) is 19.6 Å². The number of nitrogens with one attached hydrogen (secondary N) is 1. The zero-order chi connectivity index (χ0) is 11.0. The molecule has 1 aromatic rings. The number of hydrogen-bond acceptors (Lipinski definition) is 4. The average Bonchev–Trinajstić information content (AvgIpc) is 2.97. The molecule has 3 nitrogen and oxygen atoms in total. The molecule has 1 aromatic carbocycles. The van der Waals surface area contributed by atoms with Gasteiger partial charge >= 0.3 is 0 Å². The lowest BCUT2D eigenvalue weighted by Gasteiger charge is -2.16. The van der Waals surface area contributed by atoms with Crippen molar-refractivity contribution in [2.45, 2.75) is 23.8 Å². The van der Waals surface area contributed by atoms with Gasteiger partial charge in [-0.25, -0.2) is 0 Å². The van der Waals surface area contributed by atoms with Crippen LogP contribution in [0.15, 0.2) is 17.0 Å². The second kappa shape index (κ2) is 4.18. The summed E-state index contributed by atoms with van der Waals surface area (Å²) in [4.78, 5) is 1.23. The van der Waals surface area contributed by atoms with Gasteiger partial charge in [0.2, 0.25) is 6.79 Å². The Morgan fingerprint density at radius 1 is 1.38 bits per heavy atom. The standard InChI is InChI=1S/C12H15NO2S/c1-16-12-8(9-3-2-6-13-9)4-5-10-11(12)15-7-14-10/h4-5,9,13H,2-3,6-7H2,1H3. The third-order valence-electron chi connectivity index (χ3n) is 3.16. The molecular formula is C12H15NO2S. The largest absolute Gasteiger partial charge is 0.454 e. The van der Waals surface area contributed by atoms with Crippen molar-refractivity contribution in [3.63, 3.8) is 0 Å². The summed E-state index contributed by atoms with van der Waals surface area (Å²) in [5.41, 5.74) is 1.36. The Morgan fingerprint density at radius 3 is 3.06 bits per heavy atom. The molecule has 0 radical (unpaired) electrons. The first kappa shape index (κ1) is 10.3. The molecule has 1 atom stereocenters. The molecular weight excluding hydrogens is 222 g/mol. The number of ether oxygens (including phenoxy) is 2. The summed E-state index contributed by atoms with van der Waals surface area (Å²) in [6.07, 6.45) is 4.57. The smallest absolute Gasteiger partial charge is 0.231 e. The van der Waals surface area contributed by atoms with E-state index in [1.807, 2.05) is 6.07 Å². The highest BCUT2D eigenvalue weighted by molar-refractivity contribution is 7.98. The van der Waals surface area contributed by atoms with E-state index in [0.29, 0.717) is 12.8 Å². The first-order valence-corrected chi connectivity index (χ1v) is 6.82. The van der Waals surface area contributed by atoms with Crippen molar-refractivity contribution in [1.29, 1.82) is 0 Å². The zero-order valence-corrected chi connectivity index (χ0v) is 10.1. The summed E-state index contributed by atoms with van der Waals surface area (Å²) in [5, 5.41) is 3.53. The van der Waals surface area contributed by atoms with Crippen LogP contribution in [0.4, 0.5) is 0 Å². The van der Waals surface area contributed by atoms with Gasteiger partial charge in [0.25, 0.3) is 0 Å². The minimum Gasteiger partial charge on any atom is -0.454 e. The minimum atomic E-state index is 0.352. The highest BCUT2D eigenvalue weighted by Crippen LogP contribution is 2.45. The van der Waals surface area contributed by atoms with E-state index < -0.39 is 0 Å². The van der Waals surface area contributed by atoms with Crippen LogP contribution in [0.3, 0.4) is 0 Å². The molecule has 2 aliphatic rings. The SMILES string of the molecule is CSc1c(C2CCCN2)ccc2c1OCO2. The van der Waals surface area contributed by atoms with Gasteiger partial charge in [-0.1, -0.05) is 6.07 Å². The highest BCUT2D eigenvalue weighted by atomic mass is 32.2. The van der Waals surface area contributed by atoms with Crippen molar-refractivity contribution in [3.8, 4) is 11.5 Å². The molecule has 1 unspecified atom stereocenters. The van der Waals surface area contributed by atoms with Crippen LogP contribution in [-0.2, 0) is 0 Å². The predicted octanol–water partition coefficient (Wildman–Crippen LogP) is 2.56. The van der Waals surface area contributed by atoms with Gasteiger partial charge in [0.05, 0.1) is 4.90 Å². The molecule has 1 saturated heterocycles. The van der Waals surface area contributed by atoms with Gasteiger partial charge in [-0.2, -0.15) is 0 Å². The Kier molecular flexibility index (Phi) is 2.69. The van der Waals surface area contributed by atoms with Crippen LogP contribution in [0.25, 0.3) is 0 Å². The molecule has 1 fully saturated rings. The topological polar surface area (TPSA) is 30.5 Å². The van der Waals surface area contributed by atoms with Crippen LogP contribution in [-0.4, -0.2) is 19.6 Å². The molecule has 16 heavy (non-hydrogen) atoms. The predicted molar refractivity (Wildman–Crippen MR) is 64.3 cm³/mol. The molecule has 2 aliphatic heterocycles. The molecule has 86 valence electrons. The van der Waals surface area contributed by atoms with E-state index in [9.17, 15) is 0 Å². The van der Waals surface area contributed by atoms with Gasteiger partial charge in [-0.15, -0.1) is 11.8 Å². The van der Waals surface area contributed by atoms with Crippen molar-refractivity contribution in [2.24, 2.45) is 0 Å². The van der Waals surface area contributed by atoms with Crippen LogP contribution in [0, 0.1) is 0 Å². The normalized spacial score (nSPS) is 22.7. The molecule has 0 saturated carbocycles. The van der Waals surface area contributed by atoms with Crippen LogP contribution in [0.5, 0.6) is 11.5 Å². The third kappa shape index (κ3) is 1.57. The lowest BCUT2D eigenvalue weighted by molar-refractivity contribution is 0.172. The fraction of sp³-hybridized carbons (Fsp3) is 0.500. The Balaban J connectivity index is 2.04. The molecule has 2 heterocycles. The van der Waals surface area contributed by atoms with Gasteiger partial charge < -0.3 is 14.8 Å². The van der Waals surface area contributed by atoms with Crippen LogP contribution >= 0.6 is 11.8 Å². The number of fused-ring (bicyclic) bond motifs is 1. The summed E-state index contributed by atoms with van der Waals surface area (Å²) in [6, 6.07) is 4.68. The molecule has 1 N–H and O–H groups in total. The third-order valence-corrected chi connectivity index (χ3v) is 3.99. The highest BCUT2D eigenvalue weighted by Gasteiger charge is 2.25. The Morgan fingerprint density at radius 2 is 2.31 bits per heavy atom. The van der Waals surface area contributed by atoms with Gasteiger partial charge in [-0.3, -0.25) is 0 Å². The monoisotopic (exact) mass is 237 g/mol. The second-order valence-electron chi connectivity index (χ2n) is 4.07. The van der Waals surface area contributed by atoms with Crippen molar-refractivity contribution < 1.29 is 9.47 Å². The number of thioether (sulfide) groups is 1. The first-order chi connectivity index (χ1) is 7.90. The van der Waals surface area contributed by atoms with Crippen molar-refractivity contribution in [3.05, 3.63) is 17.7 Å². The molecule has 0 aromatic heterocycles. The Bertz CT molecular complexity index is 402. The lowest BCUT2D eigenvalue weighted by Crippen LogP contribution is -2.13. The zero-order valence-electron chi connectivity index (χ0n) is 9.29. The minimum absolute atomic E-state index is 0.352. The summed E-state index contributed by atoms with van der Waals surface area (Å²) >= 11 is 1.74. The number of rotatable bonds is 2. The van der Waals surface area contributed by atoms with Gasteiger partial charge in [0.15, 0.2) is 11.5 Å². The van der Waals surface area contributed by atoms with Crippen molar-refractivity contribution >= 4 is 11.8 Å². The molecule has 0 bridgehead atoms. The van der Waals surface area contributed by atoms with Crippen LogP contribution < -0.4 is 14.8 Å². The molecule has 4 heteroatoms. The molecule has 0 amide bonds. The van der Waals surface area contributed by atoms with Gasteiger partial charge in [0, 0.05) is 6.04 Å². The van der Waals surface area contributed by atoms with E-state index in [1.165, 1.54) is 23.3 Å². The van der Waals surface area contributed by atoms with Gasteiger partial charge in [0.1, 0.15) is 0 Å². The van der Waals surface area contributed by atoms with E-state index in [-0.39, 0.29) is 0 Å². The Labute approximate surface area is 99.5 Å². The fourth-order valence-corrected chi connectivity index (χ4v) is 3.19. The van der Waals surface area contributed by atoms with Crippen LogP contribution in [0.1, 0.15) is 24.4 Å². The van der Waals surface area contributed by atoms with E-state index in [0.717, 1.165) is 18.0 Å². The summed E-state index contributed by atoms with van der Waals surface area (Å²) in [5.74, 6) is 1.81. The number of hydrogen-bond donors (Lipinski definition) is 1. The van der Waals surface area contributed by atoms with Crippen molar-refractivity contribution in [1.82, 2.24) is 5.32 Å². The number of benzene rings is 1. The molecule has 0 spiro atoms. The average molecular weight is 237 g/mol. The maximum absolute atomic E-state index is 5.55. The summed E-state index contributed by atoms with van der Waals surface area (Å²) < 4.78 is 11.0. The maximum atomic E-state index is 5.55. The maximum Gasteiger partial charge on any atom is 0.231 e. The summed E-state index contributed by atoms with van der Waals surface area (Å²) in [6.45, 7) is 1.47. The second-order valence-corrected chi connectivity index (χ2v) is 4.89. The molecule has 3 rings (SSSR count). The van der Waals surface area contributed by atoms with E-state index in [1.54, 1.807) is 11.8 Å². The summed E-state index contributed by atoms with van der Waals surface area (Å²) in [7, 11) is 0. The van der Waals surface area contributed by atoms with Crippen LogP contribution in [0.2, 0.25) is 0 Å². The van der Waals surface area contributed by atoms with E-state index in [4.69, 9.17) is 9.47 Å². The lowest BCUT2D eigenvalue weighted by atomic mass is 10.0. The van der Waals surface area contributed by atoms with Gasteiger partial charge in [-0.05, 0) is 37.3 Å². The molecule has 0 aliphatic carbocycles. The first-order valence-electron chi connectivity index (χ1n) is 5.60. The van der Waals surface area contributed by atoms with E-state index >= 15 is 0 Å². The Hall–Kier alpha value is -0.870. The van der Waals surface area contributed by atoms with E-state index in [2.05, 4.69) is 17.6 Å². The quantitative estimate of drug-likeness (QED) is 0.801.